The fraction of sp³-hybridized carbons (Fsp3) is 0.600. The summed E-state index contributed by atoms with van der Waals surface area (Å²) in [5.74, 6) is -0.428. The van der Waals surface area contributed by atoms with E-state index < -0.39 is 15.8 Å². The van der Waals surface area contributed by atoms with Crippen molar-refractivity contribution in [2.45, 2.75) is 49.6 Å². The quantitative estimate of drug-likeness (QED) is 0.908. The Bertz CT molecular complexity index is 552. The van der Waals surface area contributed by atoms with Crippen LogP contribution >= 0.6 is 0 Å². The van der Waals surface area contributed by atoms with E-state index in [0.29, 0.717) is 6.04 Å². The third-order valence-electron chi connectivity index (χ3n) is 4.19. The van der Waals surface area contributed by atoms with Crippen molar-refractivity contribution in [3.8, 4) is 0 Å². The van der Waals surface area contributed by atoms with E-state index >= 15 is 0 Å². The Labute approximate surface area is 126 Å². The molecule has 2 rings (SSSR count). The number of hydrogen-bond donors (Lipinski definition) is 1. The van der Waals surface area contributed by atoms with Gasteiger partial charge < -0.3 is 5.32 Å². The van der Waals surface area contributed by atoms with E-state index in [1.807, 2.05) is 0 Å². The molecule has 1 saturated carbocycles. The Morgan fingerprint density at radius 1 is 1.19 bits per heavy atom. The Hall–Kier alpha value is -0.980. The lowest BCUT2D eigenvalue weighted by Crippen LogP contribution is -2.43. The molecule has 1 N–H and O–H groups in total. The highest BCUT2D eigenvalue weighted by Gasteiger charge is 2.31. The lowest BCUT2D eigenvalue weighted by molar-refractivity contribution is 0.251. The minimum atomic E-state index is -3.54. The second kappa shape index (κ2) is 6.85. The van der Waals surface area contributed by atoms with Gasteiger partial charge in [0, 0.05) is 19.1 Å². The van der Waals surface area contributed by atoms with Gasteiger partial charge in [-0.1, -0.05) is 6.92 Å². The highest BCUT2D eigenvalue weighted by atomic mass is 32.2. The lowest BCUT2D eigenvalue weighted by Gasteiger charge is -2.34. The van der Waals surface area contributed by atoms with Gasteiger partial charge >= 0.3 is 0 Å². The predicted octanol–water partition coefficient (Wildman–Crippen LogP) is 2.37. The van der Waals surface area contributed by atoms with E-state index in [-0.39, 0.29) is 10.9 Å². The molecule has 0 amide bonds. The van der Waals surface area contributed by atoms with Crippen LogP contribution in [0.25, 0.3) is 0 Å². The van der Waals surface area contributed by atoms with Gasteiger partial charge in [-0.3, -0.25) is 0 Å². The van der Waals surface area contributed by atoms with Gasteiger partial charge in [0.1, 0.15) is 5.82 Å². The normalized spacial score (nSPS) is 23.4. The van der Waals surface area contributed by atoms with Crippen molar-refractivity contribution in [1.29, 1.82) is 0 Å². The maximum absolute atomic E-state index is 12.9. The van der Waals surface area contributed by atoms with Crippen molar-refractivity contribution in [3.05, 3.63) is 30.1 Å². The zero-order chi connectivity index (χ0) is 15.5. The van der Waals surface area contributed by atoms with Gasteiger partial charge in [0.25, 0.3) is 0 Å². The molecule has 0 aromatic heterocycles. The van der Waals surface area contributed by atoms with E-state index in [2.05, 4.69) is 12.2 Å². The van der Waals surface area contributed by atoms with Crippen LogP contribution in [0.4, 0.5) is 4.39 Å². The SMILES string of the molecule is CCNC1CCC(N(C)S(=O)(=O)c2ccc(F)cc2)CC1. The predicted molar refractivity (Wildman–Crippen MR) is 81.1 cm³/mol. The summed E-state index contributed by atoms with van der Waals surface area (Å²) in [5.41, 5.74) is 0. The molecule has 6 heteroatoms. The fourth-order valence-corrected chi connectivity index (χ4v) is 4.32. The Morgan fingerprint density at radius 3 is 2.29 bits per heavy atom. The molecular formula is C15H23FN2O2S. The molecule has 0 spiro atoms. The lowest BCUT2D eigenvalue weighted by atomic mass is 9.91. The van der Waals surface area contributed by atoms with E-state index in [1.54, 1.807) is 7.05 Å². The van der Waals surface area contributed by atoms with Crippen LogP contribution in [0.3, 0.4) is 0 Å². The van der Waals surface area contributed by atoms with Crippen molar-refractivity contribution in [1.82, 2.24) is 9.62 Å². The molecule has 1 aliphatic carbocycles. The molecule has 1 aromatic carbocycles. The highest BCUT2D eigenvalue weighted by Crippen LogP contribution is 2.26. The van der Waals surface area contributed by atoms with Crippen LogP contribution in [0.1, 0.15) is 32.6 Å². The van der Waals surface area contributed by atoms with E-state index in [0.717, 1.165) is 32.2 Å². The van der Waals surface area contributed by atoms with Gasteiger partial charge in [-0.25, -0.2) is 12.8 Å². The molecule has 1 aliphatic rings. The van der Waals surface area contributed by atoms with Crippen molar-refractivity contribution < 1.29 is 12.8 Å². The topological polar surface area (TPSA) is 49.4 Å². The minimum absolute atomic E-state index is 0.0231. The monoisotopic (exact) mass is 314 g/mol. The molecule has 0 atom stereocenters. The zero-order valence-electron chi connectivity index (χ0n) is 12.5. The van der Waals surface area contributed by atoms with E-state index in [1.165, 1.54) is 28.6 Å². The molecule has 1 aromatic rings. The Kier molecular flexibility index (Phi) is 5.35. The molecule has 0 bridgehead atoms. The van der Waals surface area contributed by atoms with Crippen molar-refractivity contribution in [2.24, 2.45) is 0 Å². The first-order valence-corrected chi connectivity index (χ1v) is 8.86. The smallest absolute Gasteiger partial charge is 0.243 e. The Morgan fingerprint density at radius 2 is 1.76 bits per heavy atom. The number of rotatable bonds is 5. The largest absolute Gasteiger partial charge is 0.314 e. The first kappa shape index (κ1) is 16.4. The van der Waals surface area contributed by atoms with E-state index in [9.17, 15) is 12.8 Å². The summed E-state index contributed by atoms with van der Waals surface area (Å²) in [6, 6.07) is 5.53. The highest BCUT2D eigenvalue weighted by molar-refractivity contribution is 7.89. The molecule has 21 heavy (non-hydrogen) atoms. The average Bonchev–Trinajstić information content (AvgIpc) is 2.48. The molecule has 0 aliphatic heterocycles. The second-order valence-electron chi connectivity index (χ2n) is 5.54. The van der Waals surface area contributed by atoms with Crippen LogP contribution in [0.5, 0.6) is 0 Å². The molecule has 0 saturated heterocycles. The van der Waals surface area contributed by atoms with Gasteiger partial charge in [-0.15, -0.1) is 0 Å². The van der Waals surface area contributed by atoms with Crippen LogP contribution in [-0.2, 0) is 10.0 Å². The molecule has 1 fully saturated rings. The van der Waals surface area contributed by atoms with Crippen molar-refractivity contribution >= 4 is 10.0 Å². The molecular weight excluding hydrogens is 291 g/mol. The number of benzene rings is 1. The van der Waals surface area contributed by atoms with Gasteiger partial charge in [-0.2, -0.15) is 4.31 Å². The van der Waals surface area contributed by atoms with Crippen LogP contribution in [0.15, 0.2) is 29.2 Å². The first-order valence-electron chi connectivity index (χ1n) is 7.42. The second-order valence-corrected chi connectivity index (χ2v) is 7.54. The summed E-state index contributed by atoms with van der Waals surface area (Å²) in [7, 11) is -1.92. The van der Waals surface area contributed by atoms with Gasteiger partial charge in [0.2, 0.25) is 10.0 Å². The molecule has 118 valence electrons. The van der Waals surface area contributed by atoms with Crippen LogP contribution in [0.2, 0.25) is 0 Å². The Balaban J connectivity index is 2.05. The number of halogens is 1. The summed E-state index contributed by atoms with van der Waals surface area (Å²) < 4.78 is 39.5. The van der Waals surface area contributed by atoms with Crippen molar-refractivity contribution in [2.75, 3.05) is 13.6 Å². The van der Waals surface area contributed by atoms with Gasteiger partial charge in [-0.05, 0) is 56.5 Å². The first-order chi connectivity index (χ1) is 9.95. The van der Waals surface area contributed by atoms with Gasteiger partial charge in [0.15, 0.2) is 0 Å². The van der Waals surface area contributed by atoms with Crippen LogP contribution in [-0.4, -0.2) is 38.4 Å². The number of sulfonamides is 1. The maximum atomic E-state index is 12.9. The summed E-state index contributed by atoms with van der Waals surface area (Å²) in [6.07, 6.45) is 3.69. The zero-order valence-corrected chi connectivity index (χ0v) is 13.4. The van der Waals surface area contributed by atoms with Crippen LogP contribution < -0.4 is 5.32 Å². The third-order valence-corrected chi connectivity index (χ3v) is 6.12. The van der Waals surface area contributed by atoms with E-state index in [4.69, 9.17) is 0 Å². The molecule has 0 heterocycles. The number of hydrogen-bond acceptors (Lipinski definition) is 3. The van der Waals surface area contributed by atoms with Gasteiger partial charge in [0.05, 0.1) is 4.90 Å². The number of nitrogens with one attached hydrogen (secondary N) is 1. The minimum Gasteiger partial charge on any atom is -0.314 e. The number of nitrogens with zero attached hydrogens (tertiary/aromatic N) is 1. The molecule has 4 nitrogen and oxygen atoms in total. The maximum Gasteiger partial charge on any atom is 0.243 e. The van der Waals surface area contributed by atoms with Crippen molar-refractivity contribution in [3.63, 3.8) is 0 Å². The summed E-state index contributed by atoms with van der Waals surface area (Å²) in [4.78, 5) is 0.153. The summed E-state index contributed by atoms with van der Waals surface area (Å²) >= 11 is 0. The summed E-state index contributed by atoms with van der Waals surface area (Å²) in [6.45, 7) is 3.02. The van der Waals surface area contributed by atoms with Crippen LogP contribution in [0, 0.1) is 5.82 Å². The third kappa shape index (κ3) is 3.81. The molecule has 0 unspecified atom stereocenters. The summed E-state index contributed by atoms with van der Waals surface area (Å²) in [5, 5.41) is 3.41. The average molecular weight is 314 g/mol. The fourth-order valence-electron chi connectivity index (χ4n) is 2.90. The molecule has 0 radical (unpaired) electrons. The standard InChI is InChI=1S/C15H23FN2O2S/c1-3-17-13-6-8-14(9-7-13)18(2)21(19,20)15-10-4-12(16)5-11-15/h4-5,10-11,13-14,17H,3,6-9H2,1-2H3.